The van der Waals surface area contributed by atoms with E-state index in [0.29, 0.717) is 5.92 Å². The summed E-state index contributed by atoms with van der Waals surface area (Å²) in [6.07, 6.45) is 2.24. The second kappa shape index (κ2) is 5.83. The van der Waals surface area contributed by atoms with Crippen LogP contribution in [-0.4, -0.2) is 29.1 Å². The lowest BCUT2D eigenvalue weighted by Crippen LogP contribution is -2.35. The highest BCUT2D eigenvalue weighted by Gasteiger charge is 2.21. The molecule has 1 aliphatic heterocycles. The summed E-state index contributed by atoms with van der Waals surface area (Å²) in [7, 11) is 0. The van der Waals surface area contributed by atoms with Crippen molar-refractivity contribution in [2.75, 3.05) is 13.1 Å². The first kappa shape index (κ1) is 12.8. The summed E-state index contributed by atoms with van der Waals surface area (Å²) >= 11 is 0. The van der Waals surface area contributed by atoms with Crippen molar-refractivity contribution in [3.8, 4) is 0 Å². The smallest absolute Gasteiger partial charge is 0.328 e. The van der Waals surface area contributed by atoms with Gasteiger partial charge in [-0.1, -0.05) is 42.8 Å². The minimum absolute atomic E-state index is 0.332. The highest BCUT2D eigenvalue weighted by molar-refractivity contribution is 5.80. The van der Waals surface area contributed by atoms with E-state index in [1.54, 1.807) is 0 Å². The van der Waals surface area contributed by atoms with E-state index in [1.165, 1.54) is 11.6 Å². The molecule has 3 nitrogen and oxygen atoms in total. The maximum absolute atomic E-state index is 10.7. The summed E-state index contributed by atoms with van der Waals surface area (Å²) in [6.45, 7) is 4.93. The average molecular weight is 245 g/mol. The third-order valence-corrected chi connectivity index (χ3v) is 3.44. The van der Waals surface area contributed by atoms with Gasteiger partial charge in [-0.2, -0.15) is 0 Å². The molecule has 0 spiro atoms. The molecule has 0 radical (unpaired) electrons. The normalized spacial score (nSPS) is 23.2. The number of likely N-dealkylation sites (tertiary alicyclic amines) is 1. The van der Waals surface area contributed by atoms with Crippen LogP contribution in [0.5, 0.6) is 0 Å². The lowest BCUT2D eigenvalue weighted by Gasteiger charge is -2.32. The number of carboxylic acids is 1. The van der Waals surface area contributed by atoms with Gasteiger partial charge in [0.25, 0.3) is 0 Å². The van der Waals surface area contributed by atoms with Crippen molar-refractivity contribution in [1.82, 2.24) is 4.90 Å². The van der Waals surface area contributed by atoms with E-state index >= 15 is 0 Å². The van der Waals surface area contributed by atoms with Crippen LogP contribution in [0.4, 0.5) is 0 Å². The predicted molar refractivity (Wildman–Crippen MR) is 71.2 cm³/mol. The molecule has 3 heteroatoms. The molecule has 0 aliphatic carbocycles. The highest BCUT2D eigenvalue weighted by atomic mass is 16.4. The standard InChI is InChI=1S/C15H19NO2/c1-12-10-16(8-7-14(12)9-15(17)18)11-13-5-3-2-4-6-13/h2-6,9,12H,7-8,10-11H2,1H3,(H,17,18)/b14-9+. The van der Waals surface area contributed by atoms with Gasteiger partial charge in [0.1, 0.15) is 0 Å². The van der Waals surface area contributed by atoms with Crippen molar-refractivity contribution in [3.63, 3.8) is 0 Å². The van der Waals surface area contributed by atoms with Crippen molar-refractivity contribution in [3.05, 3.63) is 47.5 Å². The topological polar surface area (TPSA) is 40.5 Å². The Morgan fingerprint density at radius 2 is 2.17 bits per heavy atom. The molecule has 2 rings (SSSR count). The summed E-state index contributed by atoms with van der Waals surface area (Å²) in [5.41, 5.74) is 2.38. The summed E-state index contributed by atoms with van der Waals surface area (Å²) in [4.78, 5) is 13.1. The first-order valence-electron chi connectivity index (χ1n) is 6.35. The quantitative estimate of drug-likeness (QED) is 0.832. The average Bonchev–Trinajstić information content (AvgIpc) is 2.33. The molecule has 1 fully saturated rings. The fourth-order valence-electron chi connectivity index (χ4n) is 2.49. The Morgan fingerprint density at radius 1 is 1.44 bits per heavy atom. The van der Waals surface area contributed by atoms with Gasteiger partial charge in [0.2, 0.25) is 0 Å². The van der Waals surface area contributed by atoms with Gasteiger partial charge in [0, 0.05) is 25.7 Å². The zero-order valence-corrected chi connectivity index (χ0v) is 10.7. The lowest BCUT2D eigenvalue weighted by molar-refractivity contribution is -0.131. The van der Waals surface area contributed by atoms with E-state index in [1.807, 2.05) is 6.07 Å². The Morgan fingerprint density at radius 3 is 2.78 bits per heavy atom. The van der Waals surface area contributed by atoms with Gasteiger partial charge in [-0.15, -0.1) is 0 Å². The zero-order chi connectivity index (χ0) is 13.0. The number of hydrogen-bond donors (Lipinski definition) is 1. The summed E-state index contributed by atoms with van der Waals surface area (Å²) in [5.74, 6) is -0.494. The van der Waals surface area contributed by atoms with Crippen LogP contribution in [0.3, 0.4) is 0 Å². The van der Waals surface area contributed by atoms with E-state index in [9.17, 15) is 4.79 Å². The minimum Gasteiger partial charge on any atom is -0.478 e. The molecule has 0 saturated carbocycles. The summed E-state index contributed by atoms with van der Waals surface area (Å²) < 4.78 is 0. The molecule has 1 unspecified atom stereocenters. The minimum atomic E-state index is -0.826. The van der Waals surface area contributed by atoms with Crippen molar-refractivity contribution >= 4 is 5.97 Å². The largest absolute Gasteiger partial charge is 0.478 e. The lowest BCUT2D eigenvalue weighted by atomic mass is 9.92. The summed E-state index contributed by atoms with van der Waals surface area (Å²) in [5, 5.41) is 8.79. The fourth-order valence-corrected chi connectivity index (χ4v) is 2.49. The van der Waals surface area contributed by atoms with E-state index in [2.05, 4.69) is 36.1 Å². The molecule has 1 atom stereocenters. The molecule has 1 aliphatic rings. The van der Waals surface area contributed by atoms with E-state index < -0.39 is 5.97 Å². The van der Waals surface area contributed by atoms with Gasteiger partial charge < -0.3 is 5.11 Å². The molecule has 96 valence electrons. The number of rotatable bonds is 3. The first-order chi connectivity index (χ1) is 8.65. The van der Waals surface area contributed by atoms with Gasteiger partial charge in [0.15, 0.2) is 0 Å². The van der Waals surface area contributed by atoms with Crippen LogP contribution in [0.15, 0.2) is 42.0 Å². The molecule has 1 saturated heterocycles. The van der Waals surface area contributed by atoms with Crippen LogP contribution in [0.25, 0.3) is 0 Å². The highest BCUT2D eigenvalue weighted by Crippen LogP contribution is 2.23. The van der Waals surface area contributed by atoms with Gasteiger partial charge in [-0.05, 0) is 17.9 Å². The number of hydrogen-bond acceptors (Lipinski definition) is 2. The Kier molecular flexibility index (Phi) is 4.15. The van der Waals surface area contributed by atoms with Crippen molar-refractivity contribution in [2.45, 2.75) is 19.9 Å². The second-order valence-corrected chi connectivity index (χ2v) is 4.93. The molecule has 1 aromatic carbocycles. The molecule has 1 heterocycles. The third kappa shape index (κ3) is 3.44. The van der Waals surface area contributed by atoms with Crippen LogP contribution in [0.2, 0.25) is 0 Å². The monoisotopic (exact) mass is 245 g/mol. The number of aliphatic carboxylic acids is 1. The zero-order valence-electron chi connectivity index (χ0n) is 10.7. The van der Waals surface area contributed by atoms with Gasteiger partial charge in [-0.3, -0.25) is 4.90 Å². The van der Waals surface area contributed by atoms with Crippen LogP contribution in [0, 0.1) is 5.92 Å². The predicted octanol–water partition coefficient (Wildman–Crippen LogP) is 2.54. The SMILES string of the molecule is CC1CN(Cc2ccccc2)CC/C1=C\C(=O)O. The Hall–Kier alpha value is -1.61. The second-order valence-electron chi connectivity index (χ2n) is 4.93. The first-order valence-corrected chi connectivity index (χ1v) is 6.35. The number of carboxylic acid groups (broad SMARTS) is 1. The molecule has 0 bridgehead atoms. The molecule has 18 heavy (non-hydrogen) atoms. The molecule has 0 amide bonds. The number of benzene rings is 1. The maximum atomic E-state index is 10.7. The number of nitrogens with zero attached hydrogens (tertiary/aromatic N) is 1. The van der Waals surface area contributed by atoms with Crippen molar-refractivity contribution in [2.24, 2.45) is 5.92 Å². The number of piperidine rings is 1. The maximum Gasteiger partial charge on any atom is 0.328 e. The van der Waals surface area contributed by atoms with Crippen LogP contribution in [0.1, 0.15) is 18.9 Å². The molecular weight excluding hydrogens is 226 g/mol. The third-order valence-electron chi connectivity index (χ3n) is 3.44. The Labute approximate surface area is 108 Å². The van der Waals surface area contributed by atoms with Crippen LogP contribution in [-0.2, 0) is 11.3 Å². The van der Waals surface area contributed by atoms with E-state index in [-0.39, 0.29) is 0 Å². The van der Waals surface area contributed by atoms with Gasteiger partial charge in [0.05, 0.1) is 0 Å². The van der Waals surface area contributed by atoms with Crippen LogP contribution >= 0.6 is 0 Å². The van der Waals surface area contributed by atoms with Crippen molar-refractivity contribution in [1.29, 1.82) is 0 Å². The Bertz CT molecular complexity index is 439. The molecule has 1 N–H and O–H groups in total. The van der Waals surface area contributed by atoms with E-state index in [4.69, 9.17) is 5.11 Å². The van der Waals surface area contributed by atoms with Crippen molar-refractivity contribution < 1.29 is 9.90 Å². The molecule has 1 aromatic rings. The van der Waals surface area contributed by atoms with Crippen LogP contribution < -0.4 is 0 Å². The molecular formula is C15H19NO2. The van der Waals surface area contributed by atoms with Gasteiger partial charge in [-0.25, -0.2) is 4.79 Å². The van der Waals surface area contributed by atoms with Gasteiger partial charge >= 0.3 is 5.97 Å². The molecule has 0 aromatic heterocycles. The fraction of sp³-hybridized carbons (Fsp3) is 0.400. The summed E-state index contributed by atoms with van der Waals surface area (Å²) in [6, 6.07) is 10.4. The van der Waals surface area contributed by atoms with E-state index in [0.717, 1.165) is 31.6 Å². The number of carbonyl (C=O) groups is 1. The Balaban J connectivity index is 1.94.